The molecule has 0 heterocycles. The summed E-state index contributed by atoms with van der Waals surface area (Å²) in [6.45, 7) is 9.19. The van der Waals surface area contributed by atoms with Gasteiger partial charge in [0, 0.05) is 0 Å². The molecule has 0 atom stereocenters. The van der Waals surface area contributed by atoms with Crippen molar-refractivity contribution in [3.8, 4) is 11.1 Å². The van der Waals surface area contributed by atoms with Crippen molar-refractivity contribution in [2.45, 2.75) is 53.4 Å². The second-order valence-electron chi connectivity index (χ2n) is 7.63. The highest BCUT2D eigenvalue weighted by atomic mass is 14.3. The minimum atomic E-state index is 1.10. The molecule has 0 fully saturated rings. The summed E-state index contributed by atoms with van der Waals surface area (Å²) in [6.07, 6.45) is 4.40. The molecule has 0 radical (unpaired) electrons. The Balaban J connectivity index is 2.14. The van der Waals surface area contributed by atoms with E-state index in [0.717, 1.165) is 25.7 Å². The summed E-state index contributed by atoms with van der Waals surface area (Å²) in [5.74, 6) is 0. The topological polar surface area (TPSA) is 0 Å². The van der Waals surface area contributed by atoms with Crippen LogP contribution in [0.3, 0.4) is 0 Å². The Morgan fingerprint density at radius 3 is 1.31 bits per heavy atom. The fourth-order valence-corrected chi connectivity index (χ4v) is 5.23. The van der Waals surface area contributed by atoms with Crippen LogP contribution in [0, 0.1) is 0 Å². The molecule has 26 heavy (non-hydrogen) atoms. The number of aryl methyl sites for hydroxylation is 4. The van der Waals surface area contributed by atoms with Gasteiger partial charge in [-0.25, -0.2) is 0 Å². The maximum absolute atomic E-state index is 2.48. The van der Waals surface area contributed by atoms with Gasteiger partial charge in [0.15, 0.2) is 0 Å². The molecule has 0 saturated heterocycles. The van der Waals surface area contributed by atoms with E-state index in [4.69, 9.17) is 0 Å². The highest BCUT2D eigenvalue weighted by Gasteiger charge is 2.26. The van der Waals surface area contributed by atoms with Crippen molar-refractivity contribution in [3.05, 3.63) is 58.7 Å². The molecule has 0 amide bonds. The van der Waals surface area contributed by atoms with E-state index < -0.39 is 0 Å². The fourth-order valence-electron chi connectivity index (χ4n) is 5.23. The van der Waals surface area contributed by atoms with E-state index in [1.165, 1.54) is 65.7 Å². The number of benzene rings is 4. The Labute approximate surface area is 155 Å². The van der Waals surface area contributed by atoms with Crippen molar-refractivity contribution in [2.75, 3.05) is 0 Å². The van der Waals surface area contributed by atoms with Gasteiger partial charge in [0.2, 0.25) is 0 Å². The Morgan fingerprint density at radius 2 is 0.923 bits per heavy atom. The zero-order chi connectivity index (χ0) is 18.0. The van der Waals surface area contributed by atoms with E-state index >= 15 is 0 Å². The predicted octanol–water partition coefficient (Wildman–Crippen LogP) is 7.38. The molecule has 0 unspecified atom stereocenters. The van der Waals surface area contributed by atoms with Crippen LogP contribution in [-0.2, 0) is 25.7 Å². The van der Waals surface area contributed by atoms with E-state index in [0.29, 0.717) is 0 Å². The highest BCUT2D eigenvalue weighted by molar-refractivity contribution is 6.34. The fraction of sp³-hybridized carbons (Fsp3) is 0.308. The summed E-state index contributed by atoms with van der Waals surface area (Å²) >= 11 is 0. The smallest absolute Gasteiger partial charge is 0.00139 e. The summed E-state index contributed by atoms with van der Waals surface area (Å²) in [4.78, 5) is 0. The lowest BCUT2D eigenvalue weighted by Crippen LogP contribution is -1.96. The highest BCUT2D eigenvalue weighted by Crippen LogP contribution is 2.52. The SMILES string of the molecule is CCc1cc(CC)c2ccc3ccc4c(CC)cc(CC)c5c4c3c2c1-5. The van der Waals surface area contributed by atoms with Gasteiger partial charge in [0.1, 0.15) is 0 Å². The Kier molecular flexibility index (Phi) is 3.41. The first-order valence-corrected chi connectivity index (χ1v) is 10.2. The van der Waals surface area contributed by atoms with Crippen molar-refractivity contribution in [1.82, 2.24) is 0 Å². The van der Waals surface area contributed by atoms with E-state index in [-0.39, 0.29) is 0 Å². The molecule has 0 bridgehead atoms. The van der Waals surface area contributed by atoms with Gasteiger partial charge in [-0.1, -0.05) is 64.1 Å². The maximum Gasteiger partial charge on any atom is -0.00139 e. The molecule has 130 valence electrons. The zero-order valence-corrected chi connectivity index (χ0v) is 16.3. The van der Waals surface area contributed by atoms with Gasteiger partial charge < -0.3 is 0 Å². The number of hydrogen-bond acceptors (Lipinski definition) is 0. The summed E-state index contributed by atoms with van der Waals surface area (Å²) in [7, 11) is 0. The van der Waals surface area contributed by atoms with Crippen LogP contribution in [0.5, 0.6) is 0 Å². The molecule has 5 rings (SSSR count). The molecule has 0 spiro atoms. The van der Waals surface area contributed by atoms with Crippen molar-refractivity contribution in [3.63, 3.8) is 0 Å². The first-order chi connectivity index (χ1) is 12.7. The van der Waals surface area contributed by atoms with E-state index in [9.17, 15) is 0 Å². The van der Waals surface area contributed by atoms with Gasteiger partial charge in [-0.05, 0) is 91.4 Å². The van der Waals surface area contributed by atoms with Crippen LogP contribution >= 0.6 is 0 Å². The van der Waals surface area contributed by atoms with Crippen LogP contribution in [0.15, 0.2) is 36.4 Å². The monoisotopic (exact) mass is 338 g/mol. The summed E-state index contributed by atoms with van der Waals surface area (Å²) < 4.78 is 0. The molecule has 4 aromatic rings. The molecule has 1 aliphatic carbocycles. The normalized spacial score (nSPS) is 12.5. The maximum atomic E-state index is 2.48. The second kappa shape index (κ2) is 5.58. The van der Waals surface area contributed by atoms with Crippen LogP contribution < -0.4 is 0 Å². The number of fused-ring (bicyclic) bond motifs is 1. The molecule has 0 heteroatoms. The minimum absolute atomic E-state index is 1.10. The van der Waals surface area contributed by atoms with Crippen LogP contribution in [0.1, 0.15) is 49.9 Å². The summed E-state index contributed by atoms with van der Waals surface area (Å²) in [5, 5.41) is 8.91. The quantitative estimate of drug-likeness (QED) is 0.300. The molecule has 0 aromatic heterocycles. The standard InChI is InChI=1S/C26H26/c1-5-15-13-17(7-3)22-23-18(8-4)14-16(6-2)21-12-10-19-9-11-20(15)25(22)24(19)26(21)23/h9-14H,5-8H2,1-4H3. The van der Waals surface area contributed by atoms with Gasteiger partial charge >= 0.3 is 0 Å². The molecule has 1 aliphatic rings. The van der Waals surface area contributed by atoms with Crippen LogP contribution in [0.25, 0.3) is 43.4 Å². The number of hydrogen-bond donors (Lipinski definition) is 0. The zero-order valence-electron chi connectivity index (χ0n) is 16.3. The lowest BCUT2D eigenvalue weighted by atomic mass is 9.88. The number of rotatable bonds is 4. The molecule has 0 nitrogen and oxygen atoms in total. The minimum Gasteiger partial charge on any atom is -0.0613 e. The largest absolute Gasteiger partial charge is 0.0613 e. The Hall–Kier alpha value is -2.34. The molecular weight excluding hydrogens is 312 g/mol. The first-order valence-electron chi connectivity index (χ1n) is 10.2. The van der Waals surface area contributed by atoms with E-state index in [1.54, 1.807) is 0 Å². The van der Waals surface area contributed by atoms with Crippen LogP contribution in [0.4, 0.5) is 0 Å². The molecule has 0 aliphatic heterocycles. The van der Waals surface area contributed by atoms with Gasteiger partial charge in [-0.15, -0.1) is 0 Å². The first kappa shape index (κ1) is 15.9. The summed E-state index contributed by atoms with van der Waals surface area (Å²) in [6, 6.07) is 14.4. The Bertz CT molecular complexity index is 1120. The third-order valence-corrected chi connectivity index (χ3v) is 6.49. The third kappa shape index (κ3) is 1.80. The van der Waals surface area contributed by atoms with Crippen LogP contribution in [0.2, 0.25) is 0 Å². The molecule has 0 N–H and O–H groups in total. The van der Waals surface area contributed by atoms with E-state index in [2.05, 4.69) is 64.1 Å². The second-order valence-corrected chi connectivity index (χ2v) is 7.63. The van der Waals surface area contributed by atoms with Gasteiger partial charge in [-0.3, -0.25) is 0 Å². The lowest BCUT2D eigenvalue weighted by Gasteiger charge is -2.16. The average Bonchev–Trinajstić information content (AvgIpc) is 3.05. The van der Waals surface area contributed by atoms with Crippen molar-refractivity contribution in [1.29, 1.82) is 0 Å². The molecule has 4 aromatic carbocycles. The average molecular weight is 338 g/mol. The molecule has 0 saturated carbocycles. The molecular formula is C26H26. The van der Waals surface area contributed by atoms with Crippen molar-refractivity contribution >= 4 is 32.3 Å². The van der Waals surface area contributed by atoms with Gasteiger partial charge in [0.25, 0.3) is 0 Å². The lowest BCUT2D eigenvalue weighted by molar-refractivity contribution is 1.09. The Morgan fingerprint density at radius 1 is 0.500 bits per heavy atom. The van der Waals surface area contributed by atoms with Crippen LogP contribution in [-0.4, -0.2) is 0 Å². The predicted molar refractivity (Wildman–Crippen MR) is 115 cm³/mol. The summed E-state index contributed by atoms with van der Waals surface area (Å²) in [5.41, 5.74) is 9.13. The van der Waals surface area contributed by atoms with Crippen molar-refractivity contribution < 1.29 is 0 Å². The van der Waals surface area contributed by atoms with E-state index in [1.807, 2.05) is 0 Å². The third-order valence-electron chi connectivity index (χ3n) is 6.49. The van der Waals surface area contributed by atoms with Crippen molar-refractivity contribution in [2.24, 2.45) is 0 Å². The van der Waals surface area contributed by atoms with Gasteiger partial charge in [-0.2, -0.15) is 0 Å². The van der Waals surface area contributed by atoms with Gasteiger partial charge in [0.05, 0.1) is 0 Å².